The number of nitrogens with one attached hydrogen (secondary N) is 2. The van der Waals surface area contributed by atoms with E-state index < -0.39 is 23.9 Å². The Morgan fingerprint density at radius 3 is 2.90 bits per heavy atom. The predicted octanol–water partition coefficient (Wildman–Crippen LogP) is 4.17. The van der Waals surface area contributed by atoms with Gasteiger partial charge in [-0.2, -0.15) is 0 Å². The van der Waals surface area contributed by atoms with Crippen LogP contribution in [0.25, 0.3) is 0 Å². The largest absolute Gasteiger partial charge is 0.465 e. The van der Waals surface area contributed by atoms with Crippen molar-refractivity contribution in [2.24, 2.45) is 0 Å². The number of esters is 1. The van der Waals surface area contributed by atoms with Gasteiger partial charge in [-0.3, -0.25) is 0 Å². The summed E-state index contributed by atoms with van der Waals surface area (Å²) in [7, 11) is 1.29. The second-order valence-corrected chi connectivity index (χ2v) is 7.22. The number of anilines is 1. The van der Waals surface area contributed by atoms with Crippen LogP contribution in [0.2, 0.25) is 5.02 Å². The number of halogens is 2. The van der Waals surface area contributed by atoms with Crippen molar-refractivity contribution in [2.75, 3.05) is 19.0 Å². The van der Waals surface area contributed by atoms with Crippen LogP contribution < -0.4 is 5.32 Å². The number of aromatic nitrogens is 2. The molecule has 0 saturated carbocycles. The first kappa shape index (κ1) is 19.9. The van der Waals surface area contributed by atoms with Crippen LogP contribution in [0.3, 0.4) is 0 Å². The van der Waals surface area contributed by atoms with Crippen molar-refractivity contribution in [2.45, 2.75) is 12.5 Å². The Morgan fingerprint density at radius 2 is 2.13 bits per heavy atom. The molecular formula is C21H18ClFN4O3. The number of hydrogen-bond donors (Lipinski definition) is 2. The minimum Gasteiger partial charge on any atom is -0.465 e. The summed E-state index contributed by atoms with van der Waals surface area (Å²) in [5, 5.41) is 3.05. The maximum Gasteiger partial charge on any atom is 0.337 e. The number of benzene rings is 2. The topological polar surface area (TPSA) is 87.3 Å². The van der Waals surface area contributed by atoms with E-state index in [-0.39, 0.29) is 5.02 Å². The fourth-order valence-corrected chi connectivity index (χ4v) is 3.73. The molecule has 0 radical (unpaired) electrons. The maximum absolute atomic E-state index is 14.7. The third-order valence-corrected chi connectivity index (χ3v) is 5.21. The molecule has 7 nitrogen and oxygen atoms in total. The molecule has 2 N–H and O–H groups in total. The Morgan fingerprint density at radius 1 is 1.30 bits per heavy atom. The molecular weight excluding hydrogens is 411 g/mol. The molecule has 1 aliphatic heterocycles. The predicted molar refractivity (Wildman–Crippen MR) is 109 cm³/mol. The quantitative estimate of drug-likeness (QED) is 0.613. The molecule has 2 amide bonds. The SMILES string of the molecule is COC(=O)c1cccc(NC(=O)N2CCc3[nH]cnc3[C@@H]2c2ccc(Cl)cc2F)c1. The van der Waals surface area contributed by atoms with Gasteiger partial charge in [0.2, 0.25) is 0 Å². The van der Waals surface area contributed by atoms with Crippen LogP contribution in [0.15, 0.2) is 48.8 Å². The summed E-state index contributed by atoms with van der Waals surface area (Å²) in [6.07, 6.45) is 2.09. The summed E-state index contributed by atoms with van der Waals surface area (Å²) in [6, 6.07) is 9.60. The number of amides is 2. The molecule has 0 saturated heterocycles. The molecule has 154 valence electrons. The molecule has 1 aliphatic rings. The van der Waals surface area contributed by atoms with E-state index in [4.69, 9.17) is 16.3 Å². The molecule has 1 atom stereocenters. The Bertz CT molecular complexity index is 1120. The molecule has 0 bridgehead atoms. The maximum atomic E-state index is 14.7. The zero-order valence-electron chi connectivity index (χ0n) is 16.0. The molecule has 1 aromatic heterocycles. The molecule has 30 heavy (non-hydrogen) atoms. The molecule has 0 unspecified atom stereocenters. The van der Waals surface area contributed by atoms with Gasteiger partial charge in [-0.05, 0) is 30.3 Å². The third-order valence-electron chi connectivity index (χ3n) is 4.98. The number of H-pyrrole nitrogens is 1. The van der Waals surface area contributed by atoms with Gasteiger partial charge in [-0.1, -0.05) is 23.7 Å². The fraction of sp³-hybridized carbons (Fsp3) is 0.190. The molecule has 0 spiro atoms. The molecule has 0 fully saturated rings. The number of ether oxygens (including phenoxy) is 1. The van der Waals surface area contributed by atoms with E-state index in [2.05, 4.69) is 15.3 Å². The van der Waals surface area contributed by atoms with Crippen molar-refractivity contribution < 1.29 is 18.7 Å². The fourth-order valence-electron chi connectivity index (χ4n) is 3.57. The average molecular weight is 429 g/mol. The van der Waals surface area contributed by atoms with Gasteiger partial charge in [0.1, 0.15) is 11.9 Å². The van der Waals surface area contributed by atoms with Crippen molar-refractivity contribution in [1.29, 1.82) is 0 Å². The number of carbonyl (C=O) groups excluding carboxylic acids is 2. The molecule has 2 heterocycles. The van der Waals surface area contributed by atoms with Gasteiger partial charge in [-0.25, -0.2) is 19.0 Å². The number of nitrogens with zero attached hydrogens (tertiary/aromatic N) is 2. The summed E-state index contributed by atoms with van der Waals surface area (Å²) in [4.78, 5) is 33.8. The summed E-state index contributed by atoms with van der Waals surface area (Å²) in [5.41, 5.74) is 2.47. The third kappa shape index (κ3) is 3.73. The number of aromatic amines is 1. The normalized spacial score (nSPS) is 15.4. The van der Waals surface area contributed by atoms with Crippen LogP contribution in [-0.2, 0) is 11.2 Å². The number of methoxy groups -OCH3 is 1. The Balaban J connectivity index is 1.67. The average Bonchev–Trinajstić information content (AvgIpc) is 3.22. The van der Waals surface area contributed by atoms with Gasteiger partial charge in [0.05, 0.1) is 24.7 Å². The Kier molecular flexibility index (Phi) is 5.41. The molecule has 4 rings (SSSR count). The number of imidazole rings is 1. The first-order valence-corrected chi connectivity index (χ1v) is 9.59. The van der Waals surface area contributed by atoms with Gasteiger partial charge in [0, 0.05) is 34.9 Å². The van der Waals surface area contributed by atoms with Crippen LogP contribution in [0, 0.1) is 5.82 Å². The smallest absolute Gasteiger partial charge is 0.337 e. The van der Waals surface area contributed by atoms with E-state index in [0.717, 1.165) is 5.69 Å². The van der Waals surface area contributed by atoms with Crippen molar-refractivity contribution >= 4 is 29.3 Å². The van der Waals surface area contributed by atoms with Crippen LogP contribution in [0.4, 0.5) is 14.9 Å². The lowest BCUT2D eigenvalue weighted by Gasteiger charge is -2.35. The lowest BCUT2D eigenvalue weighted by Crippen LogP contribution is -2.43. The van der Waals surface area contributed by atoms with Crippen LogP contribution >= 0.6 is 11.6 Å². The van der Waals surface area contributed by atoms with Crippen molar-refractivity contribution in [3.05, 3.63) is 82.1 Å². The number of carbonyl (C=O) groups is 2. The van der Waals surface area contributed by atoms with E-state index in [9.17, 15) is 14.0 Å². The molecule has 0 aliphatic carbocycles. The summed E-state index contributed by atoms with van der Waals surface area (Å²) < 4.78 is 19.5. The zero-order chi connectivity index (χ0) is 21.3. The monoisotopic (exact) mass is 428 g/mol. The second-order valence-electron chi connectivity index (χ2n) is 6.78. The Labute approximate surface area is 176 Å². The summed E-state index contributed by atoms with van der Waals surface area (Å²) in [6.45, 7) is 0.352. The minimum absolute atomic E-state index is 0.268. The lowest BCUT2D eigenvalue weighted by molar-refractivity contribution is 0.0600. The number of rotatable bonds is 3. The van der Waals surface area contributed by atoms with Crippen molar-refractivity contribution in [3.8, 4) is 0 Å². The highest BCUT2D eigenvalue weighted by molar-refractivity contribution is 6.30. The van der Waals surface area contributed by atoms with Gasteiger partial charge in [0.15, 0.2) is 0 Å². The molecule has 3 aromatic rings. The van der Waals surface area contributed by atoms with Gasteiger partial charge >= 0.3 is 12.0 Å². The van der Waals surface area contributed by atoms with Crippen molar-refractivity contribution in [3.63, 3.8) is 0 Å². The minimum atomic E-state index is -0.721. The number of urea groups is 1. The van der Waals surface area contributed by atoms with Crippen molar-refractivity contribution in [1.82, 2.24) is 14.9 Å². The zero-order valence-corrected chi connectivity index (χ0v) is 16.7. The number of fused-ring (bicyclic) bond motifs is 1. The van der Waals surface area contributed by atoms with Gasteiger partial charge < -0.3 is 19.9 Å². The summed E-state index contributed by atoms with van der Waals surface area (Å²) in [5.74, 6) is -1.03. The lowest BCUT2D eigenvalue weighted by atomic mass is 9.95. The summed E-state index contributed by atoms with van der Waals surface area (Å²) >= 11 is 5.90. The number of hydrogen-bond acceptors (Lipinski definition) is 4. The van der Waals surface area contributed by atoms with Gasteiger partial charge in [0.25, 0.3) is 0 Å². The highest BCUT2D eigenvalue weighted by Gasteiger charge is 2.35. The van der Waals surface area contributed by atoms with E-state index >= 15 is 0 Å². The highest BCUT2D eigenvalue weighted by Crippen LogP contribution is 2.35. The van der Waals surface area contributed by atoms with E-state index in [1.54, 1.807) is 30.3 Å². The highest BCUT2D eigenvalue weighted by atomic mass is 35.5. The van der Waals surface area contributed by atoms with Gasteiger partial charge in [-0.15, -0.1) is 0 Å². The van der Waals surface area contributed by atoms with E-state index in [1.165, 1.54) is 30.5 Å². The molecule has 9 heteroatoms. The van der Waals surface area contributed by atoms with E-state index in [1.807, 2.05) is 0 Å². The first-order chi connectivity index (χ1) is 14.5. The van der Waals surface area contributed by atoms with Crippen LogP contribution in [0.5, 0.6) is 0 Å². The van der Waals surface area contributed by atoms with E-state index in [0.29, 0.717) is 35.5 Å². The second kappa shape index (κ2) is 8.16. The van der Waals surface area contributed by atoms with Crippen LogP contribution in [0.1, 0.15) is 33.4 Å². The Hall–Kier alpha value is -3.39. The first-order valence-electron chi connectivity index (χ1n) is 9.21. The van der Waals surface area contributed by atoms with Crippen LogP contribution in [-0.4, -0.2) is 40.5 Å². The molecule has 2 aromatic carbocycles. The standard InChI is InChI=1S/C21H18ClFN4O3/c1-30-20(28)12-3-2-4-14(9-12)26-21(29)27-8-7-17-18(25-11-24-17)19(27)15-6-5-13(22)10-16(15)23/h2-6,9-11,19H,7-8H2,1H3,(H,24,25)(H,26,29)/t19-/m0/s1.